The minimum atomic E-state index is 0.200. The van der Waals surface area contributed by atoms with Crippen LogP contribution in [0.25, 0.3) is 0 Å². The van der Waals surface area contributed by atoms with Crippen molar-refractivity contribution in [2.45, 2.75) is 59.5 Å². The van der Waals surface area contributed by atoms with Gasteiger partial charge < -0.3 is 15.4 Å². The molecule has 4 heteroatoms. The number of ether oxygens (including phenoxy) is 1. The topological polar surface area (TPSA) is 45.7 Å². The van der Waals surface area contributed by atoms with E-state index in [4.69, 9.17) is 4.74 Å². The first-order chi connectivity index (χ1) is 9.49. The van der Waals surface area contributed by atoms with Crippen molar-refractivity contribution in [2.75, 3.05) is 26.7 Å². The number of unbranched alkanes of at least 4 members (excludes halogenated alkanes) is 1. The number of aliphatic imine (C=N–C) groups is 1. The molecule has 0 aromatic heterocycles. The average molecular weight is 283 g/mol. The van der Waals surface area contributed by atoms with E-state index in [1.807, 2.05) is 7.05 Å². The highest BCUT2D eigenvalue weighted by atomic mass is 16.5. The zero-order valence-electron chi connectivity index (χ0n) is 14.0. The van der Waals surface area contributed by atoms with Gasteiger partial charge in [-0.1, -0.05) is 34.1 Å². The molecule has 1 heterocycles. The summed E-state index contributed by atoms with van der Waals surface area (Å²) >= 11 is 0. The minimum absolute atomic E-state index is 0.200. The number of nitrogens with zero attached hydrogens (tertiary/aromatic N) is 1. The third-order valence-electron chi connectivity index (χ3n) is 3.88. The molecule has 1 aliphatic heterocycles. The van der Waals surface area contributed by atoms with Gasteiger partial charge in [-0.2, -0.15) is 0 Å². The Bertz CT molecular complexity index is 297. The van der Waals surface area contributed by atoms with E-state index < -0.39 is 0 Å². The largest absolute Gasteiger partial charge is 0.377 e. The van der Waals surface area contributed by atoms with Gasteiger partial charge in [-0.15, -0.1) is 0 Å². The van der Waals surface area contributed by atoms with Crippen molar-refractivity contribution in [2.24, 2.45) is 16.3 Å². The number of nitrogens with one attached hydrogen (secondary N) is 2. The van der Waals surface area contributed by atoms with Gasteiger partial charge in [0.25, 0.3) is 0 Å². The Morgan fingerprint density at radius 2 is 2.05 bits per heavy atom. The van der Waals surface area contributed by atoms with Crippen LogP contribution in [0.4, 0.5) is 0 Å². The normalized spacial score (nSPS) is 24.6. The van der Waals surface area contributed by atoms with Crippen LogP contribution in [0.1, 0.15) is 53.4 Å². The second-order valence-corrected chi connectivity index (χ2v) is 6.79. The number of guanidine groups is 1. The fourth-order valence-electron chi connectivity index (χ4n) is 2.84. The van der Waals surface area contributed by atoms with Crippen LogP contribution in [0, 0.1) is 11.3 Å². The number of rotatable bonds is 5. The summed E-state index contributed by atoms with van der Waals surface area (Å²) in [7, 11) is 1.83. The Labute approximate surface area is 124 Å². The minimum Gasteiger partial charge on any atom is -0.377 e. The lowest BCUT2D eigenvalue weighted by Crippen LogP contribution is -2.47. The monoisotopic (exact) mass is 283 g/mol. The van der Waals surface area contributed by atoms with Gasteiger partial charge in [0.1, 0.15) is 0 Å². The molecule has 1 rings (SSSR count). The molecule has 20 heavy (non-hydrogen) atoms. The molecular weight excluding hydrogens is 250 g/mol. The van der Waals surface area contributed by atoms with Crippen molar-refractivity contribution < 1.29 is 4.74 Å². The molecule has 1 saturated heterocycles. The zero-order valence-corrected chi connectivity index (χ0v) is 14.0. The Hall–Kier alpha value is -0.770. The van der Waals surface area contributed by atoms with Crippen LogP contribution in [-0.2, 0) is 4.74 Å². The van der Waals surface area contributed by atoms with Crippen LogP contribution >= 0.6 is 0 Å². The fraction of sp³-hybridized carbons (Fsp3) is 0.938. The Morgan fingerprint density at radius 1 is 1.30 bits per heavy atom. The van der Waals surface area contributed by atoms with E-state index in [1.165, 1.54) is 25.7 Å². The van der Waals surface area contributed by atoms with Gasteiger partial charge in [-0.3, -0.25) is 4.99 Å². The second-order valence-electron chi connectivity index (χ2n) is 6.79. The number of hydrogen-bond donors (Lipinski definition) is 2. The highest BCUT2D eigenvalue weighted by Crippen LogP contribution is 2.33. The van der Waals surface area contributed by atoms with Gasteiger partial charge in [0, 0.05) is 32.7 Å². The van der Waals surface area contributed by atoms with Gasteiger partial charge >= 0.3 is 0 Å². The fourth-order valence-corrected chi connectivity index (χ4v) is 2.84. The molecule has 1 fully saturated rings. The van der Waals surface area contributed by atoms with Gasteiger partial charge in [0.05, 0.1) is 6.10 Å². The van der Waals surface area contributed by atoms with Gasteiger partial charge in [-0.25, -0.2) is 0 Å². The lowest BCUT2D eigenvalue weighted by Gasteiger charge is -2.40. The van der Waals surface area contributed by atoms with Crippen LogP contribution in [0.2, 0.25) is 0 Å². The molecule has 0 aromatic carbocycles. The molecular formula is C16H33N3O. The first-order valence-electron chi connectivity index (χ1n) is 8.05. The zero-order chi connectivity index (χ0) is 15.0. The summed E-state index contributed by atoms with van der Waals surface area (Å²) in [5.74, 6) is 1.48. The van der Waals surface area contributed by atoms with Crippen LogP contribution in [0.5, 0.6) is 0 Å². The summed E-state index contributed by atoms with van der Waals surface area (Å²) in [5, 5.41) is 6.82. The van der Waals surface area contributed by atoms with E-state index in [0.29, 0.717) is 12.0 Å². The van der Waals surface area contributed by atoms with E-state index >= 15 is 0 Å². The summed E-state index contributed by atoms with van der Waals surface area (Å²) in [6.07, 6.45) is 5.11. The van der Waals surface area contributed by atoms with E-state index in [9.17, 15) is 0 Å². The molecule has 2 N–H and O–H groups in total. The van der Waals surface area contributed by atoms with Gasteiger partial charge in [0.15, 0.2) is 5.96 Å². The first kappa shape index (κ1) is 17.3. The Morgan fingerprint density at radius 3 is 2.65 bits per heavy atom. The van der Waals surface area contributed by atoms with Crippen LogP contribution < -0.4 is 10.6 Å². The van der Waals surface area contributed by atoms with Crippen LogP contribution in [0.3, 0.4) is 0 Å². The molecule has 0 spiro atoms. The number of hydrogen-bond acceptors (Lipinski definition) is 2. The maximum Gasteiger partial charge on any atom is 0.190 e. The summed E-state index contributed by atoms with van der Waals surface area (Å²) < 4.78 is 6.02. The molecule has 2 unspecified atom stereocenters. The van der Waals surface area contributed by atoms with E-state index in [-0.39, 0.29) is 5.41 Å². The standard InChI is InChI=1S/C16H33N3O/c1-6-7-10-18-15(17-5)19-12-13-9-8-11-20-14(13)16(2,3)4/h13-14H,6-12H2,1-5H3,(H2,17,18,19). The van der Waals surface area contributed by atoms with Crippen molar-refractivity contribution in [3.63, 3.8) is 0 Å². The van der Waals surface area contributed by atoms with Crippen molar-refractivity contribution in [3.8, 4) is 0 Å². The van der Waals surface area contributed by atoms with Crippen molar-refractivity contribution in [3.05, 3.63) is 0 Å². The van der Waals surface area contributed by atoms with E-state index in [0.717, 1.165) is 25.7 Å². The molecule has 0 saturated carbocycles. The smallest absolute Gasteiger partial charge is 0.190 e. The van der Waals surface area contributed by atoms with Crippen molar-refractivity contribution in [1.29, 1.82) is 0 Å². The third kappa shape index (κ3) is 5.70. The van der Waals surface area contributed by atoms with E-state index in [2.05, 4.69) is 43.3 Å². The molecule has 0 bridgehead atoms. The second kappa shape index (κ2) is 8.50. The summed E-state index contributed by atoms with van der Waals surface area (Å²) in [6, 6.07) is 0. The highest BCUT2D eigenvalue weighted by Gasteiger charge is 2.35. The maximum absolute atomic E-state index is 6.02. The highest BCUT2D eigenvalue weighted by molar-refractivity contribution is 5.79. The average Bonchev–Trinajstić information content (AvgIpc) is 2.42. The summed E-state index contributed by atoms with van der Waals surface area (Å²) in [6.45, 7) is 11.8. The Kier molecular flexibility index (Phi) is 7.35. The molecule has 0 amide bonds. The van der Waals surface area contributed by atoms with E-state index in [1.54, 1.807) is 0 Å². The van der Waals surface area contributed by atoms with Crippen LogP contribution in [0.15, 0.2) is 4.99 Å². The predicted octanol–water partition coefficient (Wildman–Crippen LogP) is 2.79. The summed E-state index contributed by atoms with van der Waals surface area (Å²) in [5.41, 5.74) is 0.200. The maximum atomic E-state index is 6.02. The lowest BCUT2D eigenvalue weighted by molar-refractivity contribution is -0.0835. The molecule has 118 valence electrons. The molecule has 0 radical (unpaired) electrons. The van der Waals surface area contributed by atoms with Crippen molar-refractivity contribution in [1.82, 2.24) is 10.6 Å². The lowest BCUT2D eigenvalue weighted by atomic mass is 9.78. The molecule has 1 aliphatic rings. The van der Waals surface area contributed by atoms with Crippen LogP contribution in [-0.4, -0.2) is 38.8 Å². The SMILES string of the molecule is CCCCNC(=NC)NCC1CCCOC1C(C)(C)C. The van der Waals surface area contributed by atoms with Crippen molar-refractivity contribution >= 4 is 5.96 Å². The third-order valence-corrected chi connectivity index (χ3v) is 3.88. The molecule has 0 aliphatic carbocycles. The van der Waals surface area contributed by atoms with Gasteiger partial charge in [0.2, 0.25) is 0 Å². The Balaban J connectivity index is 2.44. The molecule has 0 aromatic rings. The first-order valence-corrected chi connectivity index (χ1v) is 8.05. The van der Waals surface area contributed by atoms with Gasteiger partial charge in [-0.05, 0) is 24.7 Å². The predicted molar refractivity (Wildman–Crippen MR) is 86.2 cm³/mol. The molecule has 4 nitrogen and oxygen atoms in total. The summed E-state index contributed by atoms with van der Waals surface area (Å²) in [4.78, 5) is 4.29. The quantitative estimate of drug-likeness (QED) is 0.463. The molecule has 2 atom stereocenters.